The summed E-state index contributed by atoms with van der Waals surface area (Å²) in [5, 5.41) is 5.45. The van der Waals surface area contributed by atoms with Crippen molar-refractivity contribution >= 4 is 27.4 Å². The highest BCUT2D eigenvalue weighted by atomic mass is 32.2. The Morgan fingerprint density at radius 2 is 1.96 bits per heavy atom. The summed E-state index contributed by atoms with van der Waals surface area (Å²) >= 11 is 0. The molecule has 128 valence electrons. The first-order valence-electron chi connectivity index (χ1n) is 7.35. The van der Waals surface area contributed by atoms with Crippen LogP contribution >= 0.6 is 0 Å². The summed E-state index contributed by atoms with van der Waals surface area (Å²) in [5.41, 5.74) is 0.918. The highest BCUT2D eigenvalue weighted by Crippen LogP contribution is 2.15. The number of carbonyl (C=O) groups excluding carboxylic acids is 1. The molecule has 8 nitrogen and oxygen atoms in total. The summed E-state index contributed by atoms with van der Waals surface area (Å²) in [4.78, 5) is 14.1. The Morgan fingerprint density at radius 3 is 2.65 bits per heavy atom. The summed E-state index contributed by atoms with van der Waals surface area (Å²) in [7, 11) is -3.34. The maximum absolute atomic E-state index is 11.8. The zero-order valence-electron chi connectivity index (χ0n) is 13.0. The number of anilines is 2. The number of urea groups is 1. The predicted octanol–water partition coefficient (Wildman–Crippen LogP) is 0.512. The van der Waals surface area contributed by atoms with Gasteiger partial charge in [0, 0.05) is 31.9 Å². The van der Waals surface area contributed by atoms with Crippen molar-refractivity contribution in [3.63, 3.8) is 0 Å². The number of rotatable bonds is 6. The Kier molecular flexibility index (Phi) is 6.20. The number of ether oxygens (including phenoxy) is 1. The Morgan fingerprint density at radius 1 is 1.26 bits per heavy atom. The quantitative estimate of drug-likeness (QED) is 0.699. The lowest BCUT2D eigenvalue weighted by molar-refractivity contribution is 0.0388. The van der Waals surface area contributed by atoms with E-state index in [2.05, 4.69) is 20.3 Å². The van der Waals surface area contributed by atoms with Crippen LogP contribution in [0, 0.1) is 0 Å². The summed E-state index contributed by atoms with van der Waals surface area (Å²) in [6, 6.07) is 6.20. The van der Waals surface area contributed by atoms with Crippen LogP contribution in [0.4, 0.5) is 16.2 Å². The van der Waals surface area contributed by atoms with Crippen LogP contribution in [0.2, 0.25) is 0 Å². The number of morpholine rings is 1. The second kappa shape index (κ2) is 8.14. The minimum atomic E-state index is -3.34. The molecule has 9 heteroatoms. The van der Waals surface area contributed by atoms with Gasteiger partial charge in [0.2, 0.25) is 10.0 Å². The number of hydrogen-bond acceptors (Lipinski definition) is 5. The lowest BCUT2D eigenvalue weighted by atomic mass is 10.3. The van der Waals surface area contributed by atoms with E-state index in [1.54, 1.807) is 24.3 Å². The van der Waals surface area contributed by atoms with Crippen LogP contribution in [0.25, 0.3) is 0 Å². The fourth-order valence-corrected chi connectivity index (χ4v) is 2.76. The largest absolute Gasteiger partial charge is 0.379 e. The average molecular weight is 342 g/mol. The van der Waals surface area contributed by atoms with Crippen LogP contribution in [0.3, 0.4) is 0 Å². The van der Waals surface area contributed by atoms with Gasteiger partial charge in [0.25, 0.3) is 0 Å². The maximum atomic E-state index is 11.8. The molecule has 0 aromatic heterocycles. The van der Waals surface area contributed by atoms with E-state index in [4.69, 9.17) is 4.74 Å². The molecule has 1 heterocycles. The molecule has 0 bridgehead atoms. The third-order valence-corrected chi connectivity index (χ3v) is 3.85. The number of sulfonamides is 1. The molecule has 1 fully saturated rings. The Bertz CT molecular complexity index is 629. The van der Waals surface area contributed by atoms with Gasteiger partial charge in [-0.05, 0) is 18.2 Å². The number of benzene rings is 1. The lowest BCUT2D eigenvalue weighted by Crippen LogP contribution is -2.42. The molecule has 0 spiro atoms. The van der Waals surface area contributed by atoms with Crippen molar-refractivity contribution < 1.29 is 17.9 Å². The van der Waals surface area contributed by atoms with Gasteiger partial charge >= 0.3 is 6.03 Å². The average Bonchev–Trinajstić information content (AvgIpc) is 2.47. The van der Waals surface area contributed by atoms with Gasteiger partial charge in [0.1, 0.15) is 0 Å². The third kappa shape index (κ3) is 6.85. The van der Waals surface area contributed by atoms with E-state index in [0.29, 0.717) is 17.9 Å². The molecule has 1 aromatic rings. The van der Waals surface area contributed by atoms with Crippen molar-refractivity contribution in [3.8, 4) is 0 Å². The van der Waals surface area contributed by atoms with Crippen molar-refractivity contribution in [2.75, 3.05) is 55.7 Å². The van der Waals surface area contributed by atoms with E-state index < -0.39 is 10.0 Å². The topological polar surface area (TPSA) is 99.8 Å². The van der Waals surface area contributed by atoms with Gasteiger partial charge in [-0.2, -0.15) is 0 Å². The molecular formula is C14H22N4O4S. The van der Waals surface area contributed by atoms with Crippen LogP contribution in [-0.4, -0.2) is 65.0 Å². The molecule has 0 unspecified atom stereocenters. The zero-order chi connectivity index (χ0) is 16.7. The van der Waals surface area contributed by atoms with E-state index in [9.17, 15) is 13.2 Å². The summed E-state index contributed by atoms with van der Waals surface area (Å²) < 4.78 is 30.0. The van der Waals surface area contributed by atoms with Gasteiger partial charge in [-0.25, -0.2) is 13.2 Å². The van der Waals surface area contributed by atoms with Crippen molar-refractivity contribution in [2.45, 2.75) is 0 Å². The monoisotopic (exact) mass is 342 g/mol. The van der Waals surface area contributed by atoms with E-state index in [1.165, 1.54) is 0 Å². The first-order valence-corrected chi connectivity index (χ1v) is 9.24. The molecule has 0 saturated carbocycles. The van der Waals surface area contributed by atoms with E-state index in [-0.39, 0.29) is 6.03 Å². The number of amides is 2. The minimum absolute atomic E-state index is 0.324. The van der Waals surface area contributed by atoms with Gasteiger partial charge in [0.15, 0.2) is 0 Å². The normalized spacial score (nSPS) is 15.9. The van der Waals surface area contributed by atoms with E-state index in [0.717, 1.165) is 39.1 Å². The lowest BCUT2D eigenvalue weighted by Gasteiger charge is -2.26. The molecule has 1 aliphatic heterocycles. The minimum Gasteiger partial charge on any atom is -0.379 e. The van der Waals surface area contributed by atoms with Crippen molar-refractivity contribution in [2.24, 2.45) is 0 Å². The molecule has 3 N–H and O–H groups in total. The fraction of sp³-hybridized carbons (Fsp3) is 0.500. The zero-order valence-corrected chi connectivity index (χ0v) is 13.9. The predicted molar refractivity (Wildman–Crippen MR) is 89.2 cm³/mol. The first-order chi connectivity index (χ1) is 10.9. The SMILES string of the molecule is CS(=O)(=O)Nc1cccc(NC(=O)NCCN2CCOCC2)c1. The number of nitrogens with one attached hydrogen (secondary N) is 3. The highest BCUT2D eigenvalue weighted by Gasteiger charge is 2.10. The molecule has 2 amide bonds. The van der Waals surface area contributed by atoms with Crippen LogP contribution in [-0.2, 0) is 14.8 Å². The summed E-state index contributed by atoms with van der Waals surface area (Å²) in [6.45, 7) is 4.52. The third-order valence-electron chi connectivity index (χ3n) is 3.24. The van der Waals surface area contributed by atoms with Crippen molar-refractivity contribution in [3.05, 3.63) is 24.3 Å². The second-order valence-electron chi connectivity index (χ2n) is 5.29. The molecule has 0 aliphatic carbocycles. The summed E-state index contributed by atoms with van der Waals surface area (Å²) in [6.07, 6.45) is 1.07. The van der Waals surface area contributed by atoms with Gasteiger partial charge in [0.05, 0.1) is 25.2 Å². The van der Waals surface area contributed by atoms with E-state index >= 15 is 0 Å². The van der Waals surface area contributed by atoms with Crippen LogP contribution in [0.1, 0.15) is 0 Å². The maximum Gasteiger partial charge on any atom is 0.319 e. The number of hydrogen-bond donors (Lipinski definition) is 3. The highest BCUT2D eigenvalue weighted by molar-refractivity contribution is 7.92. The fourth-order valence-electron chi connectivity index (χ4n) is 2.20. The van der Waals surface area contributed by atoms with Crippen LogP contribution in [0.15, 0.2) is 24.3 Å². The molecule has 23 heavy (non-hydrogen) atoms. The number of carbonyl (C=O) groups is 1. The van der Waals surface area contributed by atoms with Gasteiger partial charge in [-0.1, -0.05) is 6.07 Å². The van der Waals surface area contributed by atoms with Crippen LogP contribution < -0.4 is 15.4 Å². The molecule has 0 radical (unpaired) electrons. The van der Waals surface area contributed by atoms with Crippen LogP contribution in [0.5, 0.6) is 0 Å². The molecular weight excluding hydrogens is 320 g/mol. The van der Waals surface area contributed by atoms with Crippen molar-refractivity contribution in [1.82, 2.24) is 10.2 Å². The molecule has 1 aliphatic rings. The molecule has 1 saturated heterocycles. The van der Waals surface area contributed by atoms with Crippen molar-refractivity contribution in [1.29, 1.82) is 0 Å². The molecule has 1 aromatic carbocycles. The Hall–Kier alpha value is -1.84. The second-order valence-corrected chi connectivity index (χ2v) is 7.04. The number of nitrogens with zero attached hydrogens (tertiary/aromatic N) is 1. The Labute approximate surface area is 136 Å². The van der Waals surface area contributed by atoms with Gasteiger partial charge in [-0.15, -0.1) is 0 Å². The Balaban J connectivity index is 1.77. The van der Waals surface area contributed by atoms with Gasteiger partial charge < -0.3 is 15.4 Å². The first kappa shape index (κ1) is 17.5. The molecule has 2 rings (SSSR count). The smallest absolute Gasteiger partial charge is 0.319 e. The van der Waals surface area contributed by atoms with Gasteiger partial charge in [-0.3, -0.25) is 9.62 Å². The standard InChI is InChI=1S/C14H22N4O4S/c1-23(20,21)17-13-4-2-3-12(11-13)16-14(19)15-5-6-18-7-9-22-10-8-18/h2-4,11,17H,5-10H2,1H3,(H2,15,16,19). The van der Waals surface area contributed by atoms with E-state index in [1.807, 2.05) is 0 Å². The molecule has 0 atom stereocenters. The summed E-state index contributed by atoms with van der Waals surface area (Å²) in [5.74, 6) is 0.